The second kappa shape index (κ2) is 4.28. The highest BCUT2D eigenvalue weighted by molar-refractivity contribution is 7.18. The minimum Gasteiger partial charge on any atom is -0.497 e. The van der Waals surface area contributed by atoms with E-state index in [1.165, 1.54) is 33.5 Å². The summed E-state index contributed by atoms with van der Waals surface area (Å²) in [6.07, 6.45) is 1.83. The van der Waals surface area contributed by atoms with Gasteiger partial charge in [-0.2, -0.15) is 0 Å². The predicted molar refractivity (Wildman–Crippen MR) is 79.7 cm³/mol. The van der Waals surface area contributed by atoms with Crippen molar-refractivity contribution in [2.24, 2.45) is 7.05 Å². The molecule has 0 amide bonds. The SMILES string of the molecule is COc1ccc2c(c1)c(-c1cnc(N)s1)c(C)n2C. The van der Waals surface area contributed by atoms with Gasteiger partial charge in [0.05, 0.1) is 12.0 Å². The van der Waals surface area contributed by atoms with Crippen molar-refractivity contribution in [1.82, 2.24) is 9.55 Å². The van der Waals surface area contributed by atoms with Gasteiger partial charge in [0.25, 0.3) is 0 Å². The van der Waals surface area contributed by atoms with Crippen molar-refractivity contribution in [2.75, 3.05) is 12.8 Å². The van der Waals surface area contributed by atoms with Gasteiger partial charge in [0.15, 0.2) is 5.13 Å². The normalized spacial score (nSPS) is 11.1. The molecule has 0 fully saturated rings. The zero-order chi connectivity index (χ0) is 13.6. The molecule has 0 aliphatic carbocycles. The van der Waals surface area contributed by atoms with Gasteiger partial charge in [-0.3, -0.25) is 0 Å². The third-order valence-corrected chi connectivity index (χ3v) is 4.31. The molecule has 0 radical (unpaired) electrons. The predicted octanol–water partition coefficient (Wildman–Crippen LogP) is 3.20. The van der Waals surface area contributed by atoms with Crippen molar-refractivity contribution in [3.05, 3.63) is 30.1 Å². The molecule has 4 nitrogen and oxygen atoms in total. The summed E-state index contributed by atoms with van der Waals surface area (Å²) in [6.45, 7) is 2.11. The van der Waals surface area contributed by atoms with Crippen LogP contribution < -0.4 is 10.5 Å². The highest BCUT2D eigenvalue weighted by Crippen LogP contribution is 2.38. The summed E-state index contributed by atoms with van der Waals surface area (Å²) < 4.78 is 7.50. The summed E-state index contributed by atoms with van der Waals surface area (Å²) in [5.41, 5.74) is 9.32. The maximum atomic E-state index is 5.75. The number of thiazole rings is 1. The average Bonchev–Trinajstić information content (AvgIpc) is 2.93. The third kappa shape index (κ3) is 1.77. The molecule has 2 heterocycles. The van der Waals surface area contributed by atoms with Gasteiger partial charge in [-0.25, -0.2) is 4.98 Å². The number of rotatable bonds is 2. The molecule has 19 heavy (non-hydrogen) atoms. The van der Waals surface area contributed by atoms with Crippen LogP contribution in [0.25, 0.3) is 21.3 Å². The number of benzene rings is 1. The third-order valence-electron chi connectivity index (χ3n) is 3.47. The second-order valence-electron chi connectivity index (χ2n) is 4.47. The molecule has 2 N–H and O–H groups in total. The molecule has 0 aliphatic heterocycles. The van der Waals surface area contributed by atoms with E-state index in [-0.39, 0.29) is 0 Å². The van der Waals surface area contributed by atoms with Crippen LogP contribution in [0.3, 0.4) is 0 Å². The fourth-order valence-electron chi connectivity index (χ4n) is 2.39. The maximum Gasteiger partial charge on any atom is 0.180 e. The number of anilines is 1. The van der Waals surface area contributed by atoms with Crippen LogP contribution >= 0.6 is 11.3 Å². The van der Waals surface area contributed by atoms with E-state index in [1.807, 2.05) is 12.3 Å². The van der Waals surface area contributed by atoms with E-state index in [9.17, 15) is 0 Å². The van der Waals surface area contributed by atoms with Crippen molar-refractivity contribution in [3.63, 3.8) is 0 Å². The fraction of sp³-hybridized carbons (Fsp3) is 0.214. The standard InChI is InChI=1S/C14H15N3OS/c1-8-13(12-7-16-14(15)19-12)10-6-9(18-3)4-5-11(10)17(8)2/h4-7H,1-3H3,(H2,15,16). The quantitative estimate of drug-likeness (QED) is 0.780. The molecule has 2 aromatic heterocycles. The lowest BCUT2D eigenvalue weighted by atomic mass is 10.1. The zero-order valence-corrected chi connectivity index (χ0v) is 11.9. The molecule has 98 valence electrons. The Bertz CT molecular complexity index is 757. The first kappa shape index (κ1) is 12.0. The first-order valence-electron chi connectivity index (χ1n) is 5.96. The Hall–Kier alpha value is -2.01. The lowest BCUT2D eigenvalue weighted by Gasteiger charge is -2.01. The van der Waals surface area contributed by atoms with E-state index in [0.717, 1.165) is 10.6 Å². The second-order valence-corrected chi connectivity index (χ2v) is 5.53. The minimum atomic E-state index is 0.592. The molecule has 0 atom stereocenters. The average molecular weight is 273 g/mol. The van der Waals surface area contributed by atoms with Crippen molar-refractivity contribution < 1.29 is 4.74 Å². The molecule has 0 spiro atoms. The van der Waals surface area contributed by atoms with Gasteiger partial charge in [0, 0.05) is 35.4 Å². The summed E-state index contributed by atoms with van der Waals surface area (Å²) in [4.78, 5) is 5.24. The fourth-order valence-corrected chi connectivity index (χ4v) is 3.19. The summed E-state index contributed by atoms with van der Waals surface area (Å²) in [5, 5.41) is 1.76. The van der Waals surface area contributed by atoms with Gasteiger partial charge < -0.3 is 15.0 Å². The van der Waals surface area contributed by atoms with Gasteiger partial charge in [0.1, 0.15) is 5.75 Å². The monoisotopic (exact) mass is 273 g/mol. The molecule has 0 bridgehead atoms. The van der Waals surface area contributed by atoms with E-state index < -0.39 is 0 Å². The van der Waals surface area contributed by atoms with E-state index in [1.54, 1.807) is 7.11 Å². The van der Waals surface area contributed by atoms with Gasteiger partial charge in [-0.1, -0.05) is 11.3 Å². The van der Waals surface area contributed by atoms with Gasteiger partial charge in [-0.05, 0) is 25.1 Å². The summed E-state index contributed by atoms with van der Waals surface area (Å²) >= 11 is 1.51. The number of fused-ring (bicyclic) bond motifs is 1. The van der Waals surface area contributed by atoms with Crippen LogP contribution in [0, 0.1) is 6.92 Å². The van der Waals surface area contributed by atoms with Gasteiger partial charge in [0.2, 0.25) is 0 Å². The molecule has 0 saturated carbocycles. The number of nitrogen functional groups attached to an aromatic ring is 1. The van der Waals surface area contributed by atoms with Crippen LogP contribution in [0.4, 0.5) is 5.13 Å². The summed E-state index contributed by atoms with van der Waals surface area (Å²) in [6, 6.07) is 6.12. The van der Waals surface area contributed by atoms with E-state index in [0.29, 0.717) is 5.13 Å². The van der Waals surface area contributed by atoms with Crippen molar-refractivity contribution in [3.8, 4) is 16.2 Å². The smallest absolute Gasteiger partial charge is 0.180 e. The number of nitrogens with two attached hydrogens (primary N) is 1. The lowest BCUT2D eigenvalue weighted by molar-refractivity contribution is 0.415. The number of ether oxygens (including phenoxy) is 1. The number of methoxy groups -OCH3 is 1. The van der Waals surface area contributed by atoms with Crippen molar-refractivity contribution in [2.45, 2.75) is 6.92 Å². The molecule has 1 aromatic carbocycles. The van der Waals surface area contributed by atoms with E-state index >= 15 is 0 Å². The van der Waals surface area contributed by atoms with Crippen LogP contribution in [0.2, 0.25) is 0 Å². The van der Waals surface area contributed by atoms with Gasteiger partial charge in [-0.15, -0.1) is 0 Å². The largest absolute Gasteiger partial charge is 0.497 e. The highest BCUT2D eigenvalue weighted by Gasteiger charge is 2.16. The Morgan fingerprint density at radius 1 is 1.37 bits per heavy atom. The Kier molecular flexibility index (Phi) is 2.71. The lowest BCUT2D eigenvalue weighted by Crippen LogP contribution is -1.90. The molecule has 3 aromatic rings. The number of nitrogens with zero attached hydrogens (tertiary/aromatic N) is 2. The highest BCUT2D eigenvalue weighted by atomic mass is 32.1. The minimum absolute atomic E-state index is 0.592. The summed E-state index contributed by atoms with van der Waals surface area (Å²) in [7, 11) is 3.75. The first-order valence-corrected chi connectivity index (χ1v) is 6.78. The zero-order valence-electron chi connectivity index (χ0n) is 11.1. The molecule has 0 aliphatic rings. The Morgan fingerprint density at radius 2 is 2.16 bits per heavy atom. The summed E-state index contributed by atoms with van der Waals surface area (Å²) in [5.74, 6) is 0.858. The van der Waals surface area contributed by atoms with Crippen LogP contribution in [0.1, 0.15) is 5.69 Å². The molecular formula is C14H15N3OS. The van der Waals surface area contributed by atoms with Crippen LogP contribution in [-0.4, -0.2) is 16.7 Å². The van der Waals surface area contributed by atoms with Crippen molar-refractivity contribution in [1.29, 1.82) is 0 Å². The van der Waals surface area contributed by atoms with Gasteiger partial charge >= 0.3 is 0 Å². The molecule has 0 unspecified atom stereocenters. The molecule has 0 saturated heterocycles. The Labute approximate surface area is 115 Å². The Balaban J connectivity index is 2.36. The number of aryl methyl sites for hydroxylation is 1. The van der Waals surface area contributed by atoms with Crippen LogP contribution in [0.5, 0.6) is 5.75 Å². The van der Waals surface area contributed by atoms with Crippen LogP contribution in [-0.2, 0) is 7.05 Å². The van der Waals surface area contributed by atoms with E-state index in [2.05, 4.69) is 35.7 Å². The Morgan fingerprint density at radius 3 is 2.79 bits per heavy atom. The van der Waals surface area contributed by atoms with E-state index in [4.69, 9.17) is 10.5 Å². The number of aromatic nitrogens is 2. The first-order chi connectivity index (χ1) is 9.11. The van der Waals surface area contributed by atoms with Crippen molar-refractivity contribution >= 4 is 27.4 Å². The number of hydrogen-bond acceptors (Lipinski definition) is 4. The topological polar surface area (TPSA) is 53.1 Å². The molecule has 5 heteroatoms. The maximum absolute atomic E-state index is 5.75. The van der Waals surface area contributed by atoms with Crippen LogP contribution in [0.15, 0.2) is 24.4 Å². The number of hydrogen-bond donors (Lipinski definition) is 1. The molecule has 3 rings (SSSR count). The molecular weight excluding hydrogens is 258 g/mol.